The molecule has 2 fully saturated rings. The van der Waals surface area contributed by atoms with E-state index in [2.05, 4.69) is 10.2 Å². The Morgan fingerprint density at radius 3 is 2.54 bits per heavy atom. The smallest absolute Gasteiger partial charge is 0.325 e. The Balaban J connectivity index is 1.54. The fraction of sp³-hybridized carbons (Fsp3) is 0.462. The molecule has 0 aromatic heterocycles. The molecule has 0 bridgehead atoms. The molecule has 1 unspecified atom stereocenters. The van der Waals surface area contributed by atoms with Crippen LogP contribution in [0.4, 0.5) is 13.6 Å². The lowest BCUT2D eigenvalue weighted by Crippen LogP contribution is -2.57. The number of benzene rings is 2. The zero-order valence-corrected chi connectivity index (χ0v) is 20.1. The van der Waals surface area contributed by atoms with Crippen LogP contribution in [0.15, 0.2) is 42.5 Å². The number of carbonyl (C=O) groups excluding carboxylic acids is 2. The molecule has 2 aromatic rings. The molecule has 3 amide bonds. The first kappa shape index (κ1) is 25.1. The SMILES string of the molecule is COCCN1C(=O)NC(Cc2cccc(OC)c2)(C2CCN(Cc3ccc(F)cc3F)CC2)C1=O. The van der Waals surface area contributed by atoms with Gasteiger partial charge in [-0.3, -0.25) is 14.6 Å². The van der Waals surface area contributed by atoms with Crippen LogP contribution >= 0.6 is 0 Å². The Kier molecular flexibility index (Phi) is 7.66. The Hall–Kier alpha value is -3.04. The molecule has 2 aliphatic heterocycles. The summed E-state index contributed by atoms with van der Waals surface area (Å²) in [4.78, 5) is 29.9. The average molecular weight is 488 g/mol. The molecule has 2 aliphatic rings. The molecule has 2 aromatic carbocycles. The van der Waals surface area contributed by atoms with Crippen LogP contribution in [-0.2, 0) is 22.5 Å². The van der Waals surface area contributed by atoms with E-state index >= 15 is 0 Å². The number of methoxy groups -OCH3 is 2. The molecule has 188 valence electrons. The third kappa shape index (κ3) is 5.31. The number of nitrogens with one attached hydrogen (secondary N) is 1. The first-order valence-electron chi connectivity index (χ1n) is 11.8. The summed E-state index contributed by atoms with van der Waals surface area (Å²) >= 11 is 0. The van der Waals surface area contributed by atoms with E-state index in [-0.39, 0.29) is 25.0 Å². The van der Waals surface area contributed by atoms with E-state index in [1.807, 2.05) is 24.3 Å². The van der Waals surface area contributed by atoms with E-state index in [1.54, 1.807) is 7.11 Å². The second-order valence-corrected chi connectivity index (χ2v) is 9.17. The summed E-state index contributed by atoms with van der Waals surface area (Å²) in [5, 5.41) is 3.03. The van der Waals surface area contributed by atoms with Crippen molar-refractivity contribution >= 4 is 11.9 Å². The predicted molar refractivity (Wildman–Crippen MR) is 126 cm³/mol. The molecule has 0 aliphatic carbocycles. The van der Waals surface area contributed by atoms with E-state index in [1.165, 1.54) is 24.1 Å². The maximum atomic E-state index is 14.1. The van der Waals surface area contributed by atoms with Gasteiger partial charge in [0.15, 0.2) is 0 Å². The molecular weight excluding hydrogens is 456 g/mol. The lowest BCUT2D eigenvalue weighted by molar-refractivity contribution is -0.134. The van der Waals surface area contributed by atoms with Crippen LogP contribution in [0.5, 0.6) is 5.75 Å². The first-order valence-corrected chi connectivity index (χ1v) is 11.8. The van der Waals surface area contributed by atoms with E-state index in [4.69, 9.17) is 9.47 Å². The Labute approximate surface area is 204 Å². The normalized spacial score (nSPS) is 21.4. The number of carbonyl (C=O) groups is 2. The van der Waals surface area contributed by atoms with Crippen molar-refractivity contribution in [3.05, 3.63) is 65.2 Å². The summed E-state index contributed by atoms with van der Waals surface area (Å²) in [6.45, 7) is 2.06. The number of likely N-dealkylation sites (tertiary alicyclic amines) is 1. The molecule has 35 heavy (non-hydrogen) atoms. The second kappa shape index (κ2) is 10.7. The minimum absolute atomic E-state index is 0.105. The number of hydrogen-bond acceptors (Lipinski definition) is 5. The second-order valence-electron chi connectivity index (χ2n) is 9.17. The summed E-state index contributed by atoms with van der Waals surface area (Å²) in [6.07, 6.45) is 1.64. The molecule has 2 saturated heterocycles. The minimum Gasteiger partial charge on any atom is -0.497 e. The van der Waals surface area contributed by atoms with Gasteiger partial charge in [-0.2, -0.15) is 0 Å². The van der Waals surface area contributed by atoms with Gasteiger partial charge in [0.2, 0.25) is 0 Å². The average Bonchev–Trinajstić information content (AvgIpc) is 3.09. The molecule has 0 radical (unpaired) electrons. The van der Waals surface area contributed by atoms with Crippen molar-refractivity contribution in [2.45, 2.75) is 31.3 Å². The van der Waals surface area contributed by atoms with Gasteiger partial charge < -0.3 is 14.8 Å². The summed E-state index contributed by atoms with van der Waals surface area (Å²) in [7, 11) is 3.12. The maximum Gasteiger partial charge on any atom is 0.325 e. The van der Waals surface area contributed by atoms with Crippen molar-refractivity contribution < 1.29 is 27.8 Å². The molecular formula is C26H31F2N3O4. The Morgan fingerprint density at radius 1 is 1.09 bits per heavy atom. The van der Waals surface area contributed by atoms with Crippen molar-refractivity contribution in [3.63, 3.8) is 0 Å². The highest BCUT2D eigenvalue weighted by Crippen LogP contribution is 2.37. The summed E-state index contributed by atoms with van der Waals surface area (Å²) < 4.78 is 37.9. The lowest BCUT2D eigenvalue weighted by atomic mass is 9.74. The standard InChI is InChI=1S/C26H31F2N3O4/c1-34-13-12-31-24(32)26(29-25(31)33,16-18-4-3-5-22(14-18)35-2)20-8-10-30(11-9-20)17-19-6-7-21(27)15-23(19)28/h3-7,14-15,20H,8-13,16-17H2,1-2H3,(H,29,33). The Morgan fingerprint density at radius 2 is 1.86 bits per heavy atom. The zero-order chi connectivity index (χ0) is 25.0. The van der Waals surface area contributed by atoms with E-state index in [9.17, 15) is 18.4 Å². The molecule has 4 rings (SSSR count). The molecule has 7 nitrogen and oxygen atoms in total. The van der Waals surface area contributed by atoms with Gasteiger partial charge in [-0.25, -0.2) is 13.6 Å². The predicted octanol–water partition coefficient (Wildman–Crippen LogP) is 3.37. The molecule has 0 spiro atoms. The first-order chi connectivity index (χ1) is 16.9. The number of hydrogen-bond donors (Lipinski definition) is 1. The van der Waals surface area contributed by atoms with Crippen LogP contribution in [0.2, 0.25) is 0 Å². The zero-order valence-electron chi connectivity index (χ0n) is 20.1. The Bertz CT molecular complexity index is 1070. The van der Waals surface area contributed by atoms with Gasteiger partial charge in [-0.15, -0.1) is 0 Å². The summed E-state index contributed by atoms with van der Waals surface area (Å²) in [6, 6.07) is 10.7. The third-order valence-electron chi connectivity index (χ3n) is 7.03. The topological polar surface area (TPSA) is 71.1 Å². The van der Waals surface area contributed by atoms with Crippen molar-refractivity contribution in [2.24, 2.45) is 5.92 Å². The van der Waals surface area contributed by atoms with Crippen molar-refractivity contribution in [3.8, 4) is 5.75 Å². The quantitative estimate of drug-likeness (QED) is 0.550. The monoisotopic (exact) mass is 487 g/mol. The third-order valence-corrected chi connectivity index (χ3v) is 7.03. The van der Waals surface area contributed by atoms with E-state index in [0.717, 1.165) is 11.6 Å². The summed E-state index contributed by atoms with van der Waals surface area (Å²) in [5.74, 6) is -0.828. The fourth-order valence-corrected chi connectivity index (χ4v) is 5.15. The van der Waals surface area contributed by atoms with E-state index < -0.39 is 23.2 Å². The molecule has 0 saturated carbocycles. The van der Waals surface area contributed by atoms with Crippen molar-refractivity contribution in [1.82, 2.24) is 15.1 Å². The van der Waals surface area contributed by atoms with Gasteiger partial charge in [-0.1, -0.05) is 18.2 Å². The minimum atomic E-state index is -1.08. The molecule has 9 heteroatoms. The van der Waals surface area contributed by atoms with Crippen LogP contribution in [0.3, 0.4) is 0 Å². The van der Waals surface area contributed by atoms with Crippen LogP contribution in [0.1, 0.15) is 24.0 Å². The highest BCUT2D eigenvalue weighted by atomic mass is 19.1. The van der Waals surface area contributed by atoms with Gasteiger partial charge >= 0.3 is 6.03 Å². The van der Waals surface area contributed by atoms with Crippen molar-refractivity contribution in [2.75, 3.05) is 40.5 Å². The largest absolute Gasteiger partial charge is 0.497 e. The molecule has 1 N–H and O–H groups in total. The lowest BCUT2D eigenvalue weighted by Gasteiger charge is -2.41. The number of imide groups is 1. The van der Waals surface area contributed by atoms with Gasteiger partial charge in [0, 0.05) is 31.7 Å². The van der Waals surface area contributed by atoms with Gasteiger partial charge in [-0.05, 0) is 55.6 Å². The van der Waals surface area contributed by atoms with Crippen LogP contribution < -0.4 is 10.1 Å². The highest BCUT2D eigenvalue weighted by molar-refractivity contribution is 6.07. The van der Waals surface area contributed by atoms with Gasteiger partial charge in [0.1, 0.15) is 22.9 Å². The number of halogens is 2. The number of amides is 3. The summed E-state index contributed by atoms with van der Waals surface area (Å²) in [5.41, 5.74) is 0.249. The number of urea groups is 1. The van der Waals surface area contributed by atoms with Gasteiger partial charge in [0.05, 0.1) is 20.3 Å². The number of rotatable bonds is 9. The van der Waals surface area contributed by atoms with Crippen LogP contribution in [-0.4, -0.2) is 67.7 Å². The maximum absolute atomic E-state index is 14.1. The number of nitrogens with zero attached hydrogens (tertiary/aromatic N) is 2. The van der Waals surface area contributed by atoms with Gasteiger partial charge in [0.25, 0.3) is 5.91 Å². The highest BCUT2D eigenvalue weighted by Gasteiger charge is 2.55. The fourth-order valence-electron chi connectivity index (χ4n) is 5.15. The van der Waals surface area contributed by atoms with Crippen LogP contribution in [0.25, 0.3) is 0 Å². The van der Waals surface area contributed by atoms with Crippen molar-refractivity contribution in [1.29, 1.82) is 0 Å². The van der Waals surface area contributed by atoms with E-state index in [0.29, 0.717) is 50.2 Å². The molecule has 1 atom stereocenters. The number of ether oxygens (including phenoxy) is 2. The number of piperidine rings is 1. The van der Waals surface area contributed by atoms with Crippen LogP contribution in [0, 0.1) is 17.6 Å². The molecule has 2 heterocycles.